The van der Waals surface area contributed by atoms with E-state index in [1.165, 1.54) is 7.11 Å². The van der Waals surface area contributed by atoms with Gasteiger partial charge in [0.1, 0.15) is 23.2 Å². The van der Waals surface area contributed by atoms with E-state index >= 15 is 0 Å². The van der Waals surface area contributed by atoms with Gasteiger partial charge in [0.25, 0.3) is 0 Å². The van der Waals surface area contributed by atoms with Crippen molar-refractivity contribution in [2.24, 2.45) is 0 Å². The van der Waals surface area contributed by atoms with E-state index in [0.717, 1.165) is 5.56 Å². The molecule has 0 aliphatic carbocycles. The van der Waals surface area contributed by atoms with Crippen LogP contribution < -0.4 is 9.47 Å². The molecule has 0 amide bonds. The van der Waals surface area contributed by atoms with E-state index in [-0.39, 0.29) is 12.0 Å². The van der Waals surface area contributed by atoms with Crippen LogP contribution >= 0.6 is 0 Å². The van der Waals surface area contributed by atoms with E-state index in [4.69, 9.17) is 14.2 Å². The number of methoxy groups -OCH3 is 2. The Kier molecular flexibility index (Phi) is 5.79. The molecule has 0 radical (unpaired) electrons. The first-order chi connectivity index (χ1) is 13.5. The molecule has 3 rings (SSSR count). The van der Waals surface area contributed by atoms with Crippen LogP contribution in [0.2, 0.25) is 0 Å². The summed E-state index contributed by atoms with van der Waals surface area (Å²) in [5.74, 6) is -0.958. The standard InChI is InChI=1S/C22H20O6/c1-26-17-9-5-3-7-14(17)11-12-15-13-19(28-22(25)20(15)21(23)24)16-8-4-6-10-18(16)27-2/h3-12,19H,13H2,1-2H3,(H,23,24)/b12-11+/t19-/m0/s1. The van der Waals surface area contributed by atoms with Gasteiger partial charge in [0.15, 0.2) is 0 Å². The van der Waals surface area contributed by atoms with Crippen LogP contribution in [0.25, 0.3) is 6.08 Å². The number of para-hydroxylation sites is 2. The fourth-order valence-electron chi connectivity index (χ4n) is 3.14. The number of allylic oxidation sites excluding steroid dienone is 1. The zero-order valence-corrected chi connectivity index (χ0v) is 15.5. The largest absolute Gasteiger partial charge is 0.496 e. The summed E-state index contributed by atoms with van der Waals surface area (Å²) < 4.78 is 16.1. The van der Waals surface area contributed by atoms with Crippen molar-refractivity contribution >= 4 is 18.0 Å². The van der Waals surface area contributed by atoms with Crippen molar-refractivity contribution in [1.29, 1.82) is 0 Å². The Morgan fingerprint density at radius 2 is 1.68 bits per heavy atom. The molecule has 6 heteroatoms. The lowest BCUT2D eigenvalue weighted by Gasteiger charge is -2.26. The van der Waals surface area contributed by atoms with Crippen LogP contribution in [0.15, 0.2) is 65.8 Å². The summed E-state index contributed by atoms with van der Waals surface area (Å²) in [7, 11) is 3.09. The van der Waals surface area contributed by atoms with Crippen molar-refractivity contribution in [2.75, 3.05) is 14.2 Å². The summed E-state index contributed by atoms with van der Waals surface area (Å²) in [4.78, 5) is 24.0. The Morgan fingerprint density at radius 1 is 1.04 bits per heavy atom. The Hall–Kier alpha value is -3.54. The molecule has 1 N–H and O–H groups in total. The molecule has 1 aliphatic heterocycles. The van der Waals surface area contributed by atoms with Crippen molar-refractivity contribution in [3.8, 4) is 11.5 Å². The molecule has 0 saturated carbocycles. The van der Waals surface area contributed by atoms with E-state index in [9.17, 15) is 14.7 Å². The van der Waals surface area contributed by atoms with Gasteiger partial charge in [0.2, 0.25) is 0 Å². The molecule has 0 aromatic heterocycles. The summed E-state index contributed by atoms with van der Waals surface area (Å²) in [6, 6.07) is 14.5. The Labute approximate surface area is 162 Å². The van der Waals surface area contributed by atoms with Gasteiger partial charge in [0, 0.05) is 17.5 Å². The third-order valence-corrected chi connectivity index (χ3v) is 4.48. The van der Waals surface area contributed by atoms with Crippen LogP contribution in [-0.4, -0.2) is 31.3 Å². The van der Waals surface area contributed by atoms with Crippen LogP contribution in [0.3, 0.4) is 0 Å². The molecule has 6 nitrogen and oxygen atoms in total. The molecule has 0 saturated heterocycles. The number of cyclic esters (lactones) is 1. The van der Waals surface area contributed by atoms with Gasteiger partial charge >= 0.3 is 11.9 Å². The maximum atomic E-state index is 12.4. The quantitative estimate of drug-likeness (QED) is 0.607. The third-order valence-electron chi connectivity index (χ3n) is 4.48. The minimum atomic E-state index is -1.32. The number of carboxylic acid groups (broad SMARTS) is 1. The Bertz CT molecular complexity index is 957. The smallest absolute Gasteiger partial charge is 0.346 e. The first-order valence-corrected chi connectivity index (χ1v) is 8.66. The normalized spacial score (nSPS) is 16.8. The molecule has 2 aromatic carbocycles. The predicted octanol–water partition coefficient (Wildman–Crippen LogP) is 3.79. The molecule has 1 aliphatic rings. The molecule has 0 bridgehead atoms. The predicted molar refractivity (Wildman–Crippen MR) is 103 cm³/mol. The van der Waals surface area contributed by atoms with E-state index < -0.39 is 18.0 Å². The van der Waals surface area contributed by atoms with Crippen molar-refractivity contribution in [2.45, 2.75) is 12.5 Å². The Balaban J connectivity index is 2.00. The lowest BCUT2D eigenvalue weighted by molar-refractivity contribution is -0.150. The van der Waals surface area contributed by atoms with Crippen LogP contribution in [0.4, 0.5) is 0 Å². The summed E-state index contributed by atoms with van der Waals surface area (Å²) in [6.07, 6.45) is 2.95. The van der Waals surface area contributed by atoms with Crippen LogP contribution in [0.1, 0.15) is 23.7 Å². The number of benzene rings is 2. The van der Waals surface area contributed by atoms with Crippen LogP contribution in [0.5, 0.6) is 11.5 Å². The highest BCUT2D eigenvalue weighted by Gasteiger charge is 2.34. The number of carboxylic acids is 1. The van der Waals surface area contributed by atoms with Gasteiger partial charge in [-0.2, -0.15) is 0 Å². The number of esters is 1. The average Bonchev–Trinajstić information content (AvgIpc) is 2.71. The lowest BCUT2D eigenvalue weighted by atomic mass is 9.93. The van der Waals surface area contributed by atoms with E-state index in [1.54, 1.807) is 37.5 Å². The molecule has 0 fully saturated rings. The second-order valence-corrected chi connectivity index (χ2v) is 6.12. The fourth-order valence-corrected chi connectivity index (χ4v) is 3.14. The summed E-state index contributed by atoms with van der Waals surface area (Å²) in [6.45, 7) is 0. The molecule has 1 heterocycles. The van der Waals surface area contributed by atoms with Crippen molar-refractivity contribution in [3.63, 3.8) is 0 Å². The summed E-state index contributed by atoms with van der Waals surface area (Å²) in [5, 5.41) is 9.49. The second-order valence-electron chi connectivity index (χ2n) is 6.12. The van der Waals surface area contributed by atoms with Crippen molar-refractivity contribution < 1.29 is 28.9 Å². The Morgan fingerprint density at radius 3 is 2.36 bits per heavy atom. The minimum absolute atomic E-state index is 0.222. The fraction of sp³-hybridized carbons (Fsp3) is 0.182. The number of hydrogen-bond donors (Lipinski definition) is 1. The number of hydrogen-bond acceptors (Lipinski definition) is 5. The van der Waals surface area contributed by atoms with E-state index in [1.807, 2.05) is 30.3 Å². The molecule has 2 aromatic rings. The number of carbonyl (C=O) groups is 2. The summed E-state index contributed by atoms with van der Waals surface area (Å²) >= 11 is 0. The zero-order chi connectivity index (χ0) is 20.1. The zero-order valence-electron chi connectivity index (χ0n) is 15.5. The van der Waals surface area contributed by atoms with Gasteiger partial charge in [-0.25, -0.2) is 9.59 Å². The van der Waals surface area contributed by atoms with Gasteiger partial charge < -0.3 is 19.3 Å². The van der Waals surface area contributed by atoms with Crippen LogP contribution in [-0.2, 0) is 14.3 Å². The average molecular weight is 380 g/mol. The van der Waals surface area contributed by atoms with Crippen LogP contribution in [0, 0.1) is 0 Å². The second kappa shape index (κ2) is 8.43. The van der Waals surface area contributed by atoms with E-state index in [0.29, 0.717) is 22.6 Å². The van der Waals surface area contributed by atoms with E-state index in [2.05, 4.69) is 0 Å². The molecule has 1 atom stereocenters. The number of rotatable bonds is 6. The number of carbonyl (C=O) groups excluding carboxylic acids is 1. The molecule has 144 valence electrons. The molecule has 0 unspecified atom stereocenters. The van der Waals surface area contributed by atoms with Gasteiger partial charge in [0.05, 0.1) is 14.2 Å². The number of aliphatic carboxylic acids is 1. The molecular formula is C22H20O6. The molecule has 28 heavy (non-hydrogen) atoms. The van der Waals surface area contributed by atoms with Gasteiger partial charge in [-0.3, -0.25) is 0 Å². The maximum Gasteiger partial charge on any atom is 0.346 e. The molecular weight excluding hydrogens is 360 g/mol. The molecule has 0 spiro atoms. The van der Waals surface area contributed by atoms with Gasteiger partial charge in [-0.05, 0) is 17.7 Å². The van der Waals surface area contributed by atoms with Gasteiger partial charge in [-0.15, -0.1) is 0 Å². The first kappa shape index (κ1) is 19.2. The number of ether oxygens (including phenoxy) is 3. The third kappa shape index (κ3) is 3.91. The topological polar surface area (TPSA) is 82.1 Å². The van der Waals surface area contributed by atoms with Gasteiger partial charge in [-0.1, -0.05) is 48.6 Å². The van der Waals surface area contributed by atoms with Crippen molar-refractivity contribution in [1.82, 2.24) is 0 Å². The minimum Gasteiger partial charge on any atom is -0.496 e. The monoisotopic (exact) mass is 380 g/mol. The highest BCUT2D eigenvalue weighted by molar-refractivity contribution is 6.15. The first-order valence-electron chi connectivity index (χ1n) is 8.66. The maximum absolute atomic E-state index is 12.4. The highest BCUT2D eigenvalue weighted by atomic mass is 16.5. The summed E-state index contributed by atoms with van der Waals surface area (Å²) in [5.41, 5.74) is 1.48. The SMILES string of the molecule is COc1ccccc1/C=C/C1=C(C(=O)O)C(=O)O[C@H](c2ccccc2OC)C1. The van der Waals surface area contributed by atoms with Crippen molar-refractivity contribution in [3.05, 3.63) is 76.9 Å². The lowest BCUT2D eigenvalue weighted by Crippen LogP contribution is -2.25. The highest BCUT2D eigenvalue weighted by Crippen LogP contribution is 2.37.